The highest BCUT2D eigenvalue weighted by atomic mass is 35.5. The van der Waals surface area contributed by atoms with Crippen molar-refractivity contribution in [2.45, 2.75) is 33.2 Å². The molecule has 0 atom stereocenters. The third-order valence-electron chi connectivity index (χ3n) is 4.42. The molecule has 0 fully saturated rings. The molecule has 0 aliphatic heterocycles. The summed E-state index contributed by atoms with van der Waals surface area (Å²) in [6.07, 6.45) is 1.43. The summed E-state index contributed by atoms with van der Waals surface area (Å²) in [5.41, 5.74) is 9.17. The summed E-state index contributed by atoms with van der Waals surface area (Å²) in [5.74, 6) is 0.196. The number of benzene rings is 1. The molecule has 8 nitrogen and oxygen atoms in total. The lowest BCUT2D eigenvalue weighted by Gasteiger charge is -2.19. The summed E-state index contributed by atoms with van der Waals surface area (Å²) in [7, 11) is 0. The zero-order valence-electron chi connectivity index (χ0n) is 16.0. The average molecular weight is 398 g/mol. The topological polar surface area (TPSA) is 115 Å². The second kappa shape index (κ2) is 6.20. The van der Waals surface area contributed by atoms with Gasteiger partial charge in [-0.1, -0.05) is 11.6 Å². The van der Waals surface area contributed by atoms with Gasteiger partial charge in [0.15, 0.2) is 5.65 Å². The number of nitrogens with one attached hydrogen (secondary N) is 2. The molecule has 4 N–H and O–H groups in total. The number of nitrogens with zero attached hydrogens (tertiary/aromatic N) is 4. The predicted octanol–water partition coefficient (Wildman–Crippen LogP) is 3.92. The predicted molar refractivity (Wildman–Crippen MR) is 111 cm³/mol. The van der Waals surface area contributed by atoms with E-state index in [0.717, 1.165) is 10.9 Å². The Kier molecular flexibility index (Phi) is 4.04. The number of aromatic nitrogens is 5. The minimum Gasteiger partial charge on any atom is -0.383 e. The van der Waals surface area contributed by atoms with Gasteiger partial charge in [-0.2, -0.15) is 5.10 Å². The Bertz CT molecular complexity index is 1230. The molecule has 28 heavy (non-hydrogen) atoms. The first kappa shape index (κ1) is 18.2. The van der Waals surface area contributed by atoms with Crippen molar-refractivity contribution in [1.82, 2.24) is 24.7 Å². The lowest BCUT2D eigenvalue weighted by molar-refractivity contribution is -0.114. The summed E-state index contributed by atoms with van der Waals surface area (Å²) in [6, 6.07) is 5.48. The van der Waals surface area contributed by atoms with Crippen LogP contribution >= 0.6 is 11.6 Å². The number of anilines is 2. The molecule has 0 spiro atoms. The molecule has 0 radical (unpaired) electrons. The third kappa shape index (κ3) is 2.86. The zero-order valence-corrected chi connectivity index (χ0v) is 16.7. The highest BCUT2D eigenvalue weighted by Crippen LogP contribution is 2.39. The summed E-state index contributed by atoms with van der Waals surface area (Å²) >= 11 is 6.68. The fourth-order valence-corrected chi connectivity index (χ4v) is 3.53. The van der Waals surface area contributed by atoms with Crippen LogP contribution in [0.15, 0.2) is 24.5 Å². The van der Waals surface area contributed by atoms with Crippen LogP contribution in [0.25, 0.3) is 33.3 Å². The number of nitrogens with two attached hydrogens (primary N) is 1. The van der Waals surface area contributed by atoms with Crippen molar-refractivity contribution < 1.29 is 4.79 Å². The molecule has 1 amide bonds. The van der Waals surface area contributed by atoms with Gasteiger partial charge in [0.1, 0.15) is 17.8 Å². The molecule has 0 aliphatic rings. The van der Waals surface area contributed by atoms with E-state index >= 15 is 0 Å². The largest absolute Gasteiger partial charge is 0.383 e. The lowest BCUT2D eigenvalue weighted by atomic mass is 10.1. The number of carbonyl (C=O) groups excluding carboxylic acids is 1. The van der Waals surface area contributed by atoms with Gasteiger partial charge in [-0.15, -0.1) is 0 Å². The standard InChI is InChI=1S/C19H20ClN7O/c1-9(28)24-10-5-6-11-12(7-10)25-16(14(11)20)15-13-17(21)22-8-23-18(13)27(26-15)19(2,3)4/h5-8,25H,1-4H3,(H,24,28)(H2,21,22,23). The molecule has 3 aromatic heterocycles. The molecule has 0 saturated heterocycles. The van der Waals surface area contributed by atoms with Crippen molar-refractivity contribution in [3.63, 3.8) is 0 Å². The number of halogens is 1. The number of rotatable bonds is 2. The molecule has 144 valence electrons. The van der Waals surface area contributed by atoms with Crippen LogP contribution in [0, 0.1) is 0 Å². The second-order valence-electron chi connectivity index (χ2n) is 7.64. The number of amides is 1. The van der Waals surface area contributed by atoms with Gasteiger partial charge in [-0.3, -0.25) is 4.79 Å². The summed E-state index contributed by atoms with van der Waals surface area (Å²) in [5, 5.41) is 9.52. The van der Waals surface area contributed by atoms with Crippen molar-refractivity contribution in [1.29, 1.82) is 0 Å². The van der Waals surface area contributed by atoms with Crippen LogP contribution in [0.4, 0.5) is 11.5 Å². The summed E-state index contributed by atoms with van der Waals surface area (Å²) in [6.45, 7) is 7.57. The minimum absolute atomic E-state index is 0.142. The highest BCUT2D eigenvalue weighted by Gasteiger charge is 2.26. The molecule has 0 unspecified atom stereocenters. The number of H-pyrrole nitrogens is 1. The minimum atomic E-state index is -0.311. The monoisotopic (exact) mass is 397 g/mol. The van der Waals surface area contributed by atoms with Crippen LogP contribution < -0.4 is 11.1 Å². The van der Waals surface area contributed by atoms with E-state index in [2.05, 4.69) is 20.3 Å². The number of carbonyl (C=O) groups is 1. The van der Waals surface area contributed by atoms with E-state index < -0.39 is 0 Å². The molecule has 4 aromatic rings. The van der Waals surface area contributed by atoms with Crippen LogP contribution in [0.2, 0.25) is 5.02 Å². The molecule has 4 rings (SSSR count). The second-order valence-corrected chi connectivity index (χ2v) is 8.02. The number of nitrogen functional groups attached to an aromatic ring is 1. The zero-order chi connectivity index (χ0) is 20.2. The van der Waals surface area contributed by atoms with Crippen LogP contribution in [-0.2, 0) is 10.3 Å². The quantitative estimate of drug-likeness (QED) is 0.474. The van der Waals surface area contributed by atoms with Crippen molar-refractivity contribution >= 4 is 50.9 Å². The Morgan fingerprint density at radius 3 is 2.71 bits per heavy atom. The number of aromatic amines is 1. The maximum atomic E-state index is 11.3. The molecule has 9 heteroatoms. The first-order valence-electron chi connectivity index (χ1n) is 8.75. The molecule has 0 bridgehead atoms. The van der Waals surface area contributed by atoms with E-state index in [1.54, 1.807) is 6.07 Å². The number of hydrogen-bond acceptors (Lipinski definition) is 5. The van der Waals surface area contributed by atoms with E-state index in [-0.39, 0.29) is 11.4 Å². The molecule has 3 heterocycles. The molecular weight excluding hydrogens is 378 g/mol. The van der Waals surface area contributed by atoms with Gasteiger partial charge >= 0.3 is 0 Å². The van der Waals surface area contributed by atoms with Gasteiger partial charge in [-0.25, -0.2) is 14.6 Å². The molecule has 0 saturated carbocycles. The summed E-state index contributed by atoms with van der Waals surface area (Å²) < 4.78 is 1.82. The Labute approximate surface area is 166 Å². The fourth-order valence-electron chi connectivity index (χ4n) is 3.22. The van der Waals surface area contributed by atoms with Gasteiger partial charge in [0.05, 0.1) is 21.6 Å². The van der Waals surface area contributed by atoms with Crippen LogP contribution in [0.1, 0.15) is 27.7 Å². The van der Waals surface area contributed by atoms with E-state index in [4.69, 9.17) is 22.4 Å². The smallest absolute Gasteiger partial charge is 0.221 e. The Morgan fingerprint density at radius 2 is 2.04 bits per heavy atom. The number of fused-ring (bicyclic) bond motifs is 2. The van der Waals surface area contributed by atoms with E-state index in [1.807, 2.05) is 37.6 Å². The first-order valence-corrected chi connectivity index (χ1v) is 9.13. The molecular formula is C19H20ClN7O. The first-order chi connectivity index (χ1) is 13.2. The Morgan fingerprint density at radius 1 is 1.29 bits per heavy atom. The average Bonchev–Trinajstić information content (AvgIpc) is 3.13. The Hall–Kier alpha value is -3.13. The van der Waals surface area contributed by atoms with Gasteiger partial charge in [0, 0.05) is 23.5 Å². The van der Waals surface area contributed by atoms with Crippen molar-refractivity contribution in [3.8, 4) is 11.4 Å². The maximum Gasteiger partial charge on any atom is 0.221 e. The van der Waals surface area contributed by atoms with E-state index in [9.17, 15) is 4.79 Å². The fraction of sp³-hybridized carbons (Fsp3) is 0.263. The van der Waals surface area contributed by atoms with Crippen LogP contribution in [0.3, 0.4) is 0 Å². The lowest BCUT2D eigenvalue weighted by Crippen LogP contribution is -2.23. The molecule has 0 aliphatic carbocycles. The van der Waals surface area contributed by atoms with Crippen LogP contribution in [0.5, 0.6) is 0 Å². The normalized spacial score (nSPS) is 12.0. The van der Waals surface area contributed by atoms with Gasteiger partial charge in [0.25, 0.3) is 0 Å². The van der Waals surface area contributed by atoms with Gasteiger partial charge in [0.2, 0.25) is 5.91 Å². The van der Waals surface area contributed by atoms with E-state index in [1.165, 1.54) is 13.3 Å². The van der Waals surface area contributed by atoms with Crippen molar-refractivity contribution in [2.24, 2.45) is 0 Å². The van der Waals surface area contributed by atoms with Crippen molar-refractivity contribution in [3.05, 3.63) is 29.5 Å². The third-order valence-corrected chi connectivity index (χ3v) is 4.81. The Balaban J connectivity index is 1.99. The van der Waals surface area contributed by atoms with E-state index in [0.29, 0.717) is 38.9 Å². The SMILES string of the molecule is CC(=O)Nc1ccc2c(Cl)c(-c3nn(C(C)(C)C)c4ncnc(N)c34)[nH]c2c1. The van der Waals surface area contributed by atoms with Gasteiger partial charge < -0.3 is 16.0 Å². The summed E-state index contributed by atoms with van der Waals surface area (Å²) in [4.78, 5) is 23.2. The van der Waals surface area contributed by atoms with Crippen molar-refractivity contribution in [2.75, 3.05) is 11.1 Å². The highest BCUT2D eigenvalue weighted by molar-refractivity contribution is 6.38. The maximum absolute atomic E-state index is 11.3. The molecule has 1 aromatic carbocycles. The van der Waals surface area contributed by atoms with Crippen LogP contribution in [-0.4, -0.2) is 30.6 Å². The van der Waals surface area contributed by atoms with Gasteiger partial charge in [-0.05, 0) is 39.0 Å². The number of hydrogen-bond donors (Lipinski definition) is 3.